The van der Waals surface area contributed by atoms with Gasteiger partial charge in [0.05, 0.1) is 4.92 Å². The molecule has 0 spiro atoms. The van der Waals surface area contributed by atoms with E-state index in [4.69, 9.17) is 4.52 Å². The van der Waals surface area contributed by atoms with Crippen LogP contribution in [0.15, 0.2) is 28.8 Å². The number of nitrogens with zero attached hydrogens (tertiary/aromatic N) is 5. The van der Waals surface area contributed by atoms with Gasteiger partial charge in [-0.1, -0.05) is 22.9 Å². The molecule has 0 atom stereocenters. The lowest BCUT2D eigenvalue weighted by molar-refractivity contribution is -0.386. The average molecular weight is 427 g/mol. The summed E-state index contributed by atoms with van der Waals surface area (Å²) in [5.41, 5.74) is 2.13. The second-order valence-corrected chi connectivity index (χ2v) is 6.83. The molecule has 12 nitrogen and oxygen atoms in total. The average Bonchev–Trinajstić information content (AvgIpc) is 3.30. The van der Waals surface area contributed by atoms with Gasteiger partial charge in [-0.05, 0) is 32.9 Å². The van der Waals surface area contributed by atoms with Crippen molar-refractivity contribution in [3.63, 3.8) is 0 Å². The number of hydrogen-bond donors (Lipinski definition) is 2. The molecular weight excluding hydrogens is 406 g/mol. The first-order valence-corrected chi connectivity index (χ1v) is 9.40. The minimum atomic E-state index is -0.595. The number of amides is 2. The van der Waals surface area contributed by atoms with Crippen molar-refractivity contribution < 1.29 is 19.0 Å². The van der Waals surface area contributed by atoms with E-state index in [0.29, 0.717) is 11.3 Å². The smallest absolute Gasteiger partial charge is 0.316 e. The van der Waals surface area contributed by atoms with E-state index >= 15 is 0 Å². The molecule has 162 valence electrons. The maximum atomic E-state index is 12.1. The lowest BCUT2D eigenvalue weighted by atomic mass is 10.1. The molecule has 2 N–H and O–H groups in total. The van der Waals surface area contributed by atoms with Crippen LogP contribution in [0.25, 0.3) is 0 Å². The van der Waals surface area contributed by atoms with E-state index in [2.05, 4.69) is 25.9 Å². The van der Waals surface area contributed by atoms with Crippen molar-refractivity contribution >= 4 is 17.5 Å². The fraction of sp³-hybridized carbons (Fsp3) is 0.316. The molecule has 0 aliphatic carbocycles. The van der Waals surface area contributed by atoms with E-state index in [1.54, 1.807) is 19.1 Å². The summed E-state index contributed by atoms with van der Waals surface area (Å²) in [6.45, 7) is 5.43. The Morgan fingerprint density at radius 1 is 1.10 bits per heavy atom. The van der Waals surface area contributed by atoms with Crippen LogP contribution in [0.3, 0.4) is 0 Å². The Bertz CT molecular complexity index is 1120. The molecule has 3 rings (SSSR count). The molecule has 1 aromatic carbocycles. The Balaban J connectivity index is 1.50. The molecule has 2 heterocycles. The minimum Gasteiger partial charge on any atom is -0.350 e. The van der Waals surface area contributed by atoms with Gasteiger partial charge in [-0.15, -0.1) is 0 Å². The molecule has 0 saturated heterocycles. The summed E-state index contributed by atoms with van der Waals surface area (Å²) < 4.78 is 6.32. The number of carbonyl (C=O) groups is 2. The number of hydrogen-bond acceptors (Lipinski definition) is 8. The molecule has 0 aliphatic rings. The zero-order valence-corrected chi connectivity index (χ0v) is 17.2. The normalized spacial score (nSPS) is 10.7. The summed E-state index contributed by atoms with van der Waals surface area (Å²) in [7, 11) is 0. The third-order valence-corrected chi connectivity index (χ3v) is 4.49. The molecule has 12 heteroatoms. The first-order chi connectivity index (χ1) is 14.8. The van der Waals surface area contributed by atoms with Gasteiger partial charge in [0.25, 0.3) is 5.91 Å². The number of aryl methyl sites for hydroxylation is 2. The molecule has 0 saturated carbocycles. The minimum absolute atomic E-state index is 0.0178. The molecule has 31 heavy (non-hydrogen) atoms. The topological polar surface area (TPSA) is 158 Å². The van der Waals surface area contributed by atoms with Gasteiger partial charge >= 0.3 is 17.5 Å². The Morgan fingerprint density at radius 3 is 2.35 bits per heavy atom. The second kappa shape index (κ2) is 9.15. The zero-order chi connectivity index (χ0) is 22.5. The van der Waals surface area contributed by atoms with Crippen LogP contribution in [0.1, 0.15) is 43.8 Å². The van der Waals surface area contributed by atoms with Gasteiger partial charge in [-0.3, -0.25) is 24.4 Å². The third-order valence-electron chi connectivity index (χ3n) is 4.49. The van der Waals surface area contributed by atoms with Crippen molar-refractivity contribution in [1.82, 2.24) is 30.6 Å². The molecule has 2 amide bonds. The van der Waals surface area contributed by atoms with E-state index in [1.807, 2.05) is 19.1 Å². The number of benzene rings is 1. The highest BCUT2D eigenvalue weighted by Crippen LogP contribution is 2.22. The van der Waals surface area contributed by atoms with Crippen LogP contribution in [0, 0.1) is 30.9 Å². The Morgan fingerprint density at radius 2 is 1.74 bits per heavy atom. The predicted octanol–water partition coefficient (Wildman–Crippen LogP) is 1.31. The fourth-order valence-corrected chi connectivity index (χ4v) is 2.88. The van der Waals surface area contributed by atoms with Crippen molar-refractivity contribution in [2.45, 2.75) is 27.3 Å². The second-order valence-electron chi connectivity index (χ2n) is 6.83. The number of carbonyl (C=O) groups excluding carboxylic acids is 2. The van der Waals surface area contributed by atoms with Crippen molar-refractivity contribution in [3.05, 3.63) is 68.6 Å². The van der Waals surface area contributed by atoms with Gasteiger partial charge < -0.3 is 15.2 Å². The van der Waals surface area contributed by atoms with Crippen molar-refractivity contribution in [1.29, 1.82) is 0 Å². The molecular formula is C19H21N7O5. The van der Waals surface area contributed by atoms with E-state index in [0.717, 1.165) is 5.56 Å². The maximum Gasteiger partial charge on any atom is 0.316 e. The van der Waals surface area contributed by atoms with E-state index in [9.17, 15) is 19.7 Å². The van der Waals surface area contributed by atoms with E-state index in [1.165, 1.54) is 11.6 Å². The number of nitrogens with one attached hydrogen (secondary N) is 2. The monoisotopic (exact) mass is 427 g/mol. The van der Waals surface area contributed by atoms with Gasteiger partial charge in [0.2, 0.25) is 0 Å². The molecule has 0 fully saturated rings. The molecule has 0 radical (unpaired) electrons. The van der Waals surface area contributed by atoms with Crippen molar-refractivity contribution in [2.24, 2.45) is 0 Å². The summed E-state index contributed by atoms with van der Waals surface area (Å²) in [5.74, 6) is -0.940. The first-order valence-electron chi connectivity index (χ1n) is 9.40. The maximum absolute atomic E-state index is 12.1. The number of aromatic nitrogens is 4. The Kier molecular flexibility index (Phi) is 6.38. The van der Waals surface area contributed by atoms with Gasteiger partial charge in [0, 0.05) is 18.7 Å². The quantitative estimate of drug-likeness (QED) is 0.309. The number of rotatable bonds is 8. The fourth-order valence-electron chi connectivity index (χ4n) is 2.88. The molecule has 0 bridgehead atoms. The molecule has 2 aromatic heterocycles. The predicted molar refractivity (Wildman–Crippen MR) is 108 cm³/mol. The van der Waals surface area contributed by atoms with Gasteiger partial charge in [0.15, 0.2) is 5.82 Å². The Hall–Kier alpha value is -4.09. The summed E-state index contributed by atoms with van der Waals surface area (Å²) in [4.78, 5) is 38.8. The Labute approximate surface area is 176 Å². The molecule has 0 unspecified atom stereocenters. The largest absolute Gasteiger partial charge is 0.350 e. The lowest BCUT2D eigenvalue weighted by Crippen LogP contribution is -2.34. The van der Waals surface area contributed by atoms with Gasteiger partial charge in [0.1, 0.15) is 17.9 Å². The van der Waals surface area contributed by atoms with Crippen LogP contribution >= 0.6 is 0 Å². The van der Waals surface area contributed by atoms with Crippen LogP contribution < -0.4 is 10.6 Å². The molecule has 0 aliphatic heterocycles. The van der Waals surface area contributed by atoms with Crippen LogP contribution in [0.5, 0.6) is 0 Å². The summed E-state index contributed by atoms with van der Waals surface area (Å²) in [6.07, 6.45) is 0. The standard InChI is InChI=1S/C19H21N7O5/c1-11-4-6-14(7-5-11)17(27)20-8-9-21-18(28)19-22-15(24-31-19)10-25-13(3)16(26(29)30)12(2)23-25/h4-7H,8-10H2,1-3H3,(H,20,27)(H,21,28). The highest BCUT2D eigenvalue weighted by Gasteiger charge is 2.23. The third kappa shape index (κ3) is 5.10. The van der Waals surface area contributed by atoms with Gasteiger partial charge in [-0.2, -0.15) is 10.1 Å². The number of nitro groups is 1. The van der Waals surface area contributed by atoms with Crippen LogP contribution in [-0.2, 0) is 6.54 Å². The van der Waals surface area contributed by atoms with Gasteiger partial charge in [-0.25, -0.2) is 0 Å². The zero-order valence-electron chi connectivity index (χ0n) is 17.2. The SMILES string of the molecule is Cc1ccc(C(=O)NCCNC(=O)c2nc(Cn3nc(C)c([N+](=O)[O-])c3C)no2)cc1. The highest BCUT2D eigenvalue weighted by molar-refractivity contribution is 5.94. The van der Waals surface area contributed by atoms with Crippen LogP contribution in [0.2, 0.25) is 0 Å². The first kappa shape index (κ1) is 21.6. The lowest BCUT2D eigenvalue weighted by Gasteiger charge is -2.06. The van der Waals surface area contributed by atoms with Crippen LogP contribution in [-0.4, -0.2) is 49.7 Å². The van der Waals surface area contributed by atoms with E-state index in [-0.39, 0.29) is 48.6 Å². The van der Waals surface area contributed by atoms with Crippen molar-refractivity contribution in [2.75, 3.05) is 13.1 Å². The van der Waals surface area contributed by atoms with Crippen LogP contribution in [0.4, 0.5) is 5.69 Å². The van der Waals surface area contributed by atoms with E-state index < -0.39 is 10.8 Å². The molecule has 3 aromatic rings. The summed E-state index contributed by atoms with van der Waals surface area (Å²) in [5, 5.41) is 24.2. The highest BCUT2D eigenvalue weighted by atomic mass is 16.6. The summed E-state index contributed by atoms with van der Waals surface area (Å²) >= 11 is 0. The summed E-state index contributed by atoms with van der Waals surface area (Å²) in [6, 6.07) is 7.13. The van der Waals surface area contributed by atoms with Crippen molar-refractivity contribution in [3.8, 4) is 0 Å².